The van der Waals surface area contributed by atoms with E-state index in [1.54, 1.807) is 0 Å². The summed E-state index contributed by atoms with van der Waals surface area (Å²) in [6, 6.07) is 4.21. The first-order valence-corrected chi connectivity index (χ1v) is 5.12. The highest BCUT2D eigenvalue weighted by molar-refractivity contribution is 5.96. The van der Waals surface area contributed by atoms with Crippen LogP contribution < -0.4 is 10.5 Å². The predicted molar refractivity (Wildman–Crippen MR) is 58.6 cm³/mol. The van der Waals surface area contributed by atoms with Gasteiger partial charge in [0.1, 0.15) is 11.3 Å². The normalized spacial score (nSPS) is 11.3. The fourth-order valence-electron chi connectivity index (χ4n) is 1.35. The standard InChI is InChI=1S/C11H12F3NO3/c12-11(13,14)5-2-6-18-8-4-1-3-7(15)9(8)10(16)17/h1,3-4H,2,5-6,15H2,(H,16,17). The van der Waals surface area contributed by atoms with E-state index in [4.69, 9.17) is 15.6 Å². The van der Waals surface area contributed by atoms with Crippen molar-refractivity contribution in [3.05, 3.63) is 23.8 Å². The van der Waals surface area contributed by atoms with Crippen LogP contribution in [0.4, 0.5) is 18.9 Å². The predicted octanol–water partition coefficient (Wildman–Crippen LogP) is 2.69. The molecule has 7 heteroatoms. The molecule has 0 unspecified atom stereocenters. The summed E-state index contributed by atoms with van der Waals surface area (Å²) in [6.07, 6.45) is -5.45. The van der Waals surface area contributed by atoms with Crippen LogP contribution in [0.3, 0.4) is 0 Å². The summed E-state index contributed by atoms with van der Waals surface area (Å²) < 4.78 is 40.7. The summed E-state index contributed by atoms with van der Waals surface area (Å²) in [4.78, 5) is 10.9. The van der Waals surface area contributed by atoms with E-state index in [9.17, 15) is 18.0 Å². The van der Waals surface area contributed by atoms with Gasteiger partial charge in [-0.25, -0.2) is 4.79 Å². The molecule has 0 saturated carbocycles. The average Bonchev–Trinajstić information content (AvgIpc) is 2.22. The molecule has 0 fully saturated rings. The maximum absolute atomic E-state index is 11.9. The first-order chi connectivity index (χ1) is 8.31. The van der Waals surface area contributed by atoms with Gasteiger partial charge in [0, 0.05) is 12.1 Å². The van der Waals surface area contributed by atoms with Crippen LogP contribution in [0.1, 0.15) is 23.2 Å². The highest BCUT2D eigenvalue weighted by Crippen LogP contribution is 2.25. The number of alkyl halides is 3. The molecule has 0 saturated heterocycles. The molecule has 0 aliphatic rings. The fourth-order valence-corrected chi connectivity index (χ4v) is 1.35. The van der Waals surface area contributed by atoms with Crippen LogP contribution in [0.2, 0.25) is 0 Å². The summed E-state index contributed by atoms with van der Waals surface area (Å²) in [7, 11) is 0. The number of carboxylic acids is 1. The topological polar surface area (TPSA) is 72.5 Å². The molecule has 0 atom stereocenters. The van der Waals surface area contributed by atoms with E-state index in [1.165, 1.54) is 18.2 Å². The van der Waals surface area contributed by atoms with Crippen LogP contribution in [0.5, 0.6) is 5.75 Å². The van der Waals surface area contributed by atoms with Crippen molar-refractivity contribution in [1.82, 2.24) is 0 Å². The summed E-state index contributed by atoms with van der Waals surface area (Å²) in [6.45, 7) is -0.219. The molecule has 4 nitrogen and oxygen atoms in total. The van der Waals surface area contributed by atoms with E-state index in [0.29, 0.717) is 0 Å². The highest BCUT2D eigenvalue weighted by atomic mass is 19.4. The summed E-state index contributed by atoms with van der Waals surface area (Å²) in [5, 5.41) is 8.89. The minimum absolute atomic E-state index is 0.0100. The molecule has 0 spiro atoms. The molecular weight excluding hydrogens is 251 g/mol. The Balaban J connectivity index is 2.63. The molecule has 18 heavy (non-hydrogen) atoms. The highest BCUT2D eigenvalue weighted by Gasteiger charge is 2.26. The molecule has 0 radical (unpaired) electrons. The molecule has 1 rings (SSSR count). The second-order valence-electron chi connectivity index (χ2n) is 3.59. The minimum atomic E-state index is -4.24. The van der Waals surface area contributed by atoms with E-state index in [0.717, 1.165) is 0 Å². The fraction of sp³-hybridized carbons (Fsp3) is 0.364. The lowest BCUT2D eigenvalue weighted by molar-refractivity contribution is -0.136. The number of carbonyl (C=O) groups is 1. The SMILES string of the molecule is Nc1cccc(OCCCC(F)(F)F)c1C(=O)O. The first kappa shape index (κ1) is 14.1. The largest absolute Gasteiger partial charge is 0.493 e. The van der Waals surface area contributed by atoms with Crippen LogP contribution in [0, 0.1) is 0 Å². The summed E-state index contributed by atoms with van der Waals surface area (Å²) in [5.74, 6) is -1.30. The van der Waals surface area contributed by atoms with Crippen LogP contribution in [0.15, 0.2) is 18.2 Å². The number of nitrogen functional groups attached to an aromatic ring is 1. The second-order valence-corrected chi connectivity index (χ2v) is 3.59. The smallest absolute Gasteiger partial charge is 0.389 e. The van der Waals surface area contributed by atoms with Crippen molar-refractivity contribution in [2.75, 3.05) is 12.3 Å². The van der Waals surface area contributed by atoms with Crippen molar-refractivity contribution < 1.29 is 27.8 Å². The molecular formula is C11H12F3NO3. The molecule has 0 heterocycles. The Bertz CT molecular complexity index is 432. The Labute approximate surface area is 101 Å². The van der Waals surface area contributed by atoms with Gasteiger partial charge in [0.2, 0.25) is 0 Å². The van der Waals surface area contributed by atoms with Crippen LogP contribution >= 0.6 is 0 Å². The lowest BCUT2D eigenvalue weighted by Gasteiger charge is -2.11. The maximum atomic E-state index is 11.9. The van der Waals surface area contributed by atoms with Gasteiger partial charge in [-0.2, -0.15) is 13.2 Å². The van der Waals surface area contributed by atoms with Crippen molar-refractivity contribution >= 4 is 11.7 Å². The van der Waals surface area contributed by atoms with Gasteiger partial charge in [-0.1, -0.05) is 6.07 Å². The Hall–Kier alpha value is -1.92. The number of rotatable bonds is 5. The number of ether oxygens (including phenoxy) is 1. The third-order valence-corrected chi connectivity index (χ3v) is 2.13. The Morgan fingerprint density at radius 2 is 2.06 bits per heavy atom. The number of hydrogen-bond donors (Lipinski definition) is 2. The van der Waals surface area contributed by atoms with Gasteiger partial charge in [0.15, 0.2) is 0 Å². The molecule has 100 valence electrons. The summed E-state index contributed by atoms with van der Waals surface area (Å²) in [5.41, 5.74) is 5.23. The van der Waals surface area contributed by atoms with Crippen LogP contribution in [-0.4, -0.2) is 23.9 Å². The maximum Gasteiger partial charge on any atom is 0.389 e. The monoisotopic (exact) mass is 263 g/mol. The van der Waals surface area contributed by atoms with Crippen LogP contribution in [-0.2, 0) is 0 Å². The average molecular weight is 263 g/mol. The zero-order chi connectivity index (χ0) is 13.8. The molecule has 0 aliphatic heterocycles. The van der Waals surface area contributed by atoms with E-state index in [2.05, 4.69) is 0 Å². The van der Waals surface area contributed by atoms with E-state index < -0.39 is 18.6 Å². The minimum Gasteiger partial charge on any atom is -0.493 e. The third-order valence-electron chi connectivity index (χ3n) is 2.13. The van der Waals surface area contributed by atoms with Gasteiger partial charge in [-0.05, 0) is 18.6 Å². The van der Waals surface area contributed by atoms with Gasteiger partial charge < -0.3 is 15.6 Å². The van der Waals surface area contributed by atoms with Crippen molar-refractivity contribution in [1.29, 1.82) is 0 Å². The summed E-state index contributed by atoms with van der Waals surface area (Å²) >= 11 is 0. The molecule has 1 aromatic rings. The lowest BCUT2D eigenvalue weighted by Crippen LogP contribution is -2.11. The second kappa shape index (κ2) is 5.61. The quantitative estimate of drug-likeness (QED) is 0.632. The number of anilines is 1. The van der Waals surface area contributed by atoms with Crippen molar-refractivity contribution in [3.8, 4) is 5.75 Å². The van der Waals surface area contributed by atoms with Gasteiger partial charge in [-0.3, -0.25) is 0 Å². The van der Waals surface area contributed by atoms with Gasteiger partial charge in [0.05, 0.1) is 6.61 Å². The Kier molecular flexibility index (Phi) is 4.41. The molecule has 3 N–H and O–H groups in total. The van der Waals surface area contributed by atoms with Gasteiger partial charge in [-0.15, -0.1) is 0 Å². The lowest BCUT2D eigenvalue weighted by atomic mass is 10.1. The number of hydrogen-bond acceptors (Lipinski definition) is 3. The van der Waals surface area contributed by atoms with Crippen LogP contribution in [0.25, 0.3) is 0 Å². The van der Waals surface area contributed by atoms with E-state index >= 15 is 0 Å². The van der Waals surface area contributed by atoms with Crippen molar-refractivity contribution in [2.45, 2.75) is 19.0 Å². The number of benzene rings is 1. The molecule has 1 aromatic carbocycles. The molecule has 0 aromatic heterocycles. The van der Waals surface area contributed by atoms with Gasteiger partial charge >= 0.3 is 12.1 Å². The Morgan fingerprint density at radius 3 is 2.61 bits per heavy atom. The van der Waals surface area contributed by atoms with Gasteiger partial charge in [0.25, 0.3) is 0 Å². The number of halogens is 3. The zero-order valence-corrected chi connectivity index (χ0v) is 9.33. The Morgan fingerprint density at radius 1 is 1.39 bits per heavy atom. The zero-order valence-electron chi connectivity index (χ0n) is 9.33. The number of aromatic carboxylic acids is 1. The molecule has 0 aliphatic carbocycles. The molecule has 0 amide bonds. The molecule has 0 bridgehead atoms. The number of nitrogens with two attached hydrogens (primary N) is 1. The van der Waals surface area contributed by atoms with Crippen molar-refractivity contribution in [3.63, 3.8) is 0 Å². The van der Waals surface area contributed by atoms with Crippen molar-refractivity contribution in [2.24, 2.45) is 0 Å². The third kappa shape index (κ3) is 4.15. The van der Waals surface area contributed by atoms with E-state index in [-0.39, 0.29) is 30.0 Å². The van der Waals surface area contributed by atoms with E-state index in [1.807, 2.05) is 0 Å². The first-order valence-electron chi connectivity index (χ1n) is 5.12. The number of carboxylic acid groups (broad SMARTS) is 1.